The van der Waals surface area contributed by atoms with Crippen LogP contribution in [0.15, 0.2) is 65.6 Å². The molecule has 3 unspecified atom stereocenters. The Morgan fingerprint density at radius 2 is 1.84 bits per heavy atom. The smallest absolute Gasteiger partial charge is 0.407 e. The molecule has 14 heteroatoms. The lowest BCUT2D eigenvalue weighted by Gasteiger charge is -2.38. The number of carbonyl (C=O) groups is 2. The first kappa shape index (κ1) is 38.2. The average Bonchev–Trinajstić information content (AvgIpc) is 3.06. The van der Waals surface area contributed by atoms with E-state index in [1.165, 1.54) is 25.3 Å². The first-order valence-electron chi connectivity index (χ1n) is 16.3. The number of alkyl carbamates (subject to hydrolysis) is 1. The molecule has 1 aliphatic rings. The first-order chi connectivity index (χ1) is 23.4. The van der Waals surface area contributed by atoms with E-state index in [2.05, 4.69) is 20.9 Å². The summed E-state index contributed by atoms with van der Waals surface area (Å²) in [6, 6.07) is 13.2. The van der Waals surface area contributed by atoms with Crippen molar-refractivity contribution in [3.05, 3.63) is 98.7 Å². The Hall–Kier alpha value is -3.62. The van der Waals surface area contributed by atoms with Gasteiger partial charge in [0.25, 0.3) is 5.56 Å². The molecule has 3 N–H and O–H groups in total. The van der Waals surface area contributed by atoms with Crippen LogP contribution in [-0.4, -0.2) is 81.4 Å². The molecule has 5 atom stereocenters. The lowest BCUT2D eigenvalue weighted by molar-refractivity contribution is -0.118. The topological polar surface area (TPSA) is 145 Å². The van der Waals surface area contributed by atoms with E-state index in [1.807, 2.05) is 20.9 Å². The second-order valence-corrected chi connectivity index (χ2v) is 14.0. The number of nitrogens with one attached hydrogen (secondary N) is 3. The Labute approximate surface area is 293 Å². The van der Waals surface area contributed by atoms with Gasteiger partial charge >= 0.3 is 6.09 Å². The number of methoxy groups -OCH3 is 1. The molecule has 0 spiro atoms. The Morgan fingerprint density at radius 1 is 1.12 bits per heavy atom. The highest BCUT2D eigenvalue weighted by atomic mass is 35.5. The number of likely N-dealkylation sites (N-methyl/N-ethyl adjacent to an activating group) is 1. The number of anilines is 1. The van der Waals surface area contributed by atoms with Gasteiger partial charge in [-0.2, -0.15) is 0 Å². The molecule has 11 nitrogen and oxygen atoms in total. The van der Waals surface area contributed by atoms with Gasteiger partial charge in [-0.1, -0.05) is 46.9 Å². The molecule has 2 amide bonds. The van der Waals surface area contributed by atoms with Gasteiger partial charge < -0.3 is 34.7 Å². The zero-order valence-electron chi connectivity index (χ0n) is 28.1. The Kier molecular flexibility index (Phi) is 13.9. The molecule has 266 valence electrons. The fourth-order valence-electron chi connectivity index (χ4n) is 6.27. The SMILES string of the molecule is COC(=O)N[C@H](C(=O)Nc1cccc(F)c1CCC1CN(C)C(CCCS(=O)[O-])CN1)[C@@H](c1ccc(Cl)cc1)c1ccc(=O)n(C(C)C)c1. The minimum absolute atomic E-state index is 0.0534. The lowest BCUT2D eigenvalue weighted by atomic mass is 9.85. The molecule has 1 saturated heterocycles. The van der Waals surface area contributed by atoms with Gasteiger partial charge in [-0.15, -0.1) is 0 Å². The van der Waals surface area contributed by atoms with Crippen LogP contribution >= 0.6 is 11.6 Å². The summed E-state index contributed by atoms with van der Waals surface area (Å²) in [4.78, 5) is 41.7. The second-order valence-electron chi connectivity index (χ2n) is 12.6. The van der Waals surface area contributed by atoms with Crippen molar-refractivity contribution >= 4 is 40.4 Å². The predicted molar refractivity (Wildman–Crippen MR) is 188 cm³/mol. The molecule has 0 radical (unpaired) electrons. The van der Waals surface area contributed by atoms with Gasteiger partial charge in [-0.3, -0.25) is 13.8 Å². The van der Waals surface area contributed by atoms with Gasteiger partial charge in [0, 0.05) is 71.4 Å². The van der Waals surface area contributed by atoms with E-state index in [9.17, 15) is 23.1 Å². The third-order valence-corrected chi connectivity index (χ3v) is 9.80. The third kappa shape index (κ3) is 10.4. The van der Waals surface area contributed by atoms with Crippen molar-refractivity contribution in [3.8, 4) is 0 Å². The van der Waals surface area contributed by atoms with Crippen molar-refractivity contribution in [2.24, 2.45) is 0 Å². The molecule has 49 heavy (non-hydrogen) atoms. The first-order valence-corrected chi connectivity index (χ1v) is 17.9. The molecule has 4 rings (SSSR count). The highest BCUT2D eigenvalue weighted by Gasteiger charge is 2.34. The number of pyridine rings is 1. The van der Waals surface area contributed by atoms with Gasteiger partial charge in [-0.05, 0) is 82.0 Å². The summed E-state index contributed by atoms with van der Waals surface area (Å²) in [5, 5.41) is 9.53. The monoisotopic (exact) mass is 716 g/mol. The quantitative estimate of drug-likeness (QED) is 0.206. The normalized spacial score (nSPS) is 18.4. The molecule has 2 aromatic carbocycles. The fourth-order valence-corrected chi connectivity index (χ4v) is 6.80. The van der Waals surface area contributed by atoms with Crippen LogP contribution in [0, 0.1) is 5.82 Å². The molecule has 1 aromatic heterocycles. The number of carbonyl (C=O) groups excluding carboxylic acids is 2. The Bertz CT molecular complexity index is 1670. The van der Waals surface area contributed by atoms with Crippen LogP contribution in [0.5, 0.6) is 0 Å². The summed E-state index contributed by atoms with van der Waals surface area (Å²) in [6.45, 7) is 5.12. The number of amides is 2. The Morgan fingerprint density at radius 3 is 2.49 bits per heavy atom. The molecule has 3 aromatic rings. The van der Waals surface area contributed by atoms with Crippen molar-refractivity contribution in [2.45, 2.75) is 69.6 Å². The van der Waals surface area contributed by atoms with Crippen LogP contribution in [0.2, 0.25) is 5.02 Å². The number of halogens is 2. The number of hydrogen-bond donors (Lipinski definition) is 3. The van der Waals surface area contributed by atoms with E-state index < -0.39 is 40.9 Å². The van der Waals surface area contributed by atoms with Crippen LogP contribution in [0.1, 0.15) is 61.8 Å². The number of rotatable bonds is 14. The van der Waals surface area contributed by atoms with Crippen molar-refractivity contribution in [1.29, 1.82) is 0 Å². The number of nitrogens with zero attached hydrogens (tertiary/aromatic N) is 2. The van der Waals surface area contributed by atoms with E-state index in [4.69, 9.17) is 16.3 Å². The van der Waals surface area contributed by atoms with Crippen LogP contribution in [0.3, 0.4) is 0 Å². The summed E-state index contributed by atoms with van der Waals surface area (Å²) in [5.74, 6) is -1.74. The van der Waals surface area contributed by atoms with Gasteiger partial charge in [-0.25, -0.2) is 9.18 Å². The molecule has 1 aliphatic heterocycles. The standard InChI is InChI=1S/C35H45ClFN5O6S/c1-22(2)42-20-24(12-17-31(42)43)32(23-10-13-25(36)14-11-23)33(40-35(45)48-4)34(44)39-30-9-5-8-29(37)28(30)16-15-26-21-41(3)27(19-38-26)7-6-18-49(46)47/h5,8-14,17,20,22,26-27,32-33,38H,6-7,15-16,18-19,21H2,1-4H3,(H,39,44)(H,40,45)(H,46,47)/p-1/t26?,27?,32-,33-/m0/s1. The van der Waals surface area contributed by atoms with E-state index in [-0.39, 0.29) is 35.1 Å². The number of piperazine rings is 1. The number of hydrogen-bond acceptors (Lipinski definition) is 8. The van der Waals surface area contributed by atoms with E-state index in [1.54, 1.807) is 47.2 Å². The zero-order valence-corrected chi connectivity index (χ0v) is 29.7. The minimum atomic E-state index is -2.05. The number of ether oxygens (including phenoxy) is 1. The summed E-state index contributed by atoms with van der Waals surface area (Å²) in [7, 11) is 3.19. The van der Waals surface area contributed by atoms with Gasteiger partial charge in [0.2, 0.25) is 5.91 Å². The third-order valence-electron chi connectivity index (χ3n) is 8.92. The van der Waals surface area contributed by atoms with Crippen LogP contribution in [0.4, 0.5) is 14.9 Å². The summed E-state index contributed by atoms with van der Waals surface area (Å²) in [6.07, 6.45) is 3.07. The summed E-state index contributed by atoms with van der Waals surface area (Å²) >= 11 is 4.14. The maximum absolute atomic E-state index is 15.4. The van der Waals surface area contributed by atoms with E-state index >= 15 is 4.39 Å². The zero-order chi connectivity index (χ0) is 35.7. The van der Waals surface area contributed by atoms with E-state index in [0.29, 0.717) is 54.1 Å². The Balaban J connectivity index is 1.60. The lowest BCUT2D eigenvalue weighted by Crippen LogP contribution is -2.55. The maximum Gasteiger partial charge on any atom is 0.407 e. The molecule has 2 heterocycles. The maximum atomic E-state index is 15.4. The highest BCUT2D eigenvalue weighted by Crippen LogP contribution is 2.31. The molecule has 0 aliphatic carbocycles. The number of benzene rings is 2. The minimum Gasteiger partial charge on any atom is -0.772 e. The second kappa shape index (κ2) is 17.9. The summed E-state index contributed by atoms with van der Waals surface area (Å²) < 4.78 is 43.6. The highest BCUT2D eigenvalue weighted by molar-refractivity contribution is 7.79. The van der Waals surface area contributed by atoms with Crippen molar-refractivity contribution in [3.63, 3.8) is 0 Å². The fraction of sp³-hybridized carbons (Fsp3) is 0.457. The van der Waals surface area contributed by atoms with Crippen molar-refractivity contribution < 1.29 is 27.5 Å². The van der Waals surface area contributed by atoms with Crippen LogP contribution in [0.25, 0.3) is 0 Å². The summed E-state index contributed by atoms with van der Waals surface area (Å²) in [5.41, 5.74) is 1.61. The van der Waals surface area contributed by atoms with Gasteiger partial charge in [0.1, 0.15) is 11.9 Å². The van der Waals surface area contributed by atoms with Gasteiger partial charge in [0.05, 0.1) is 7.11 Å². The molecule has 0 saturated carbocycles. The molecular formula is C35H44ClFN5O6S-. The average molecular weight is 717 g/mol. The van der Waals surface area contributed by atoms with Crippen LogP contribution in [-0.2, 0) is 27.0 Å². The van der Waals surface area contributed by atoms with Gasteiger partial charge in [0.15, 0.2) is 0 Å². The largest absolute Gasteiger partial charge is 0.772 e. The van der Waals surface area contributed by atoms with Crippen LogP contribution < -0.4 is 21.5 Å². The molecule has 1 fully saturated rings. The van der Waals surface area contributed by atoms with Crippen molar-refractivity contribution in [1.82, 2.24) is 20.1 Å². The molecular weight excluding hydrogens is 673 g/mol. The van der Waals surface area contributed by atoms with E-state index in [0.717, 1.165) is 6.42 Å². The predicted octanol–water partition coefficient (Wildman–Crippen LogP) is 4.58. The molecule has 0 bridgehead atoms. The number of aromatic nitrogens is 1. The van der Waals surface area contributed by atoms with Crippen molar-refractivity contribution in [2.75, 3.05) is 38.3 Å².